The summed E-state index contributed by atoms with van der Waals surface area (Å²) in [6, 6.07) is 8.80. The van der Waals surface area contributed by atoms with Crippen LogP contribution in [0.2, 0.25) is 0 Å². The maximum Gasteiger partial charge on any atom is 0.433 e. The van der Waals surface area contributed by atoms with Gasteiger partial charge < -0.3 is 9.84 Å². The lowest BCUT2D eigenvalue weighted by atomic mass is 10.3. The Labute approximate surface area is 69.1 Å². The zero-order chi connectivity index (χ0) is 8.81. The summed E-state index contributed by atoms with van der Waals surface area (Å²) in [5.74, 6) is 0.558. The van der Waals surface area contributed by atoms with Gasteiger partial charge in [0, 0.05) is 0 Å². The highest BCUT2D eigenvalue weighted by molar-refractivity contribution is 5.75. The second kappa shape index (κ2) is 4.12. The van der Waals surface area contributed by atoms with Crippen LogP contribution in [-0.4, -0.2) is 17.6 Å². The molecule has 0 unspecified atom stereocenters. The molecule has 1 aromatic carbocycles. The van der Waals surface area contributed by atoms with E-state index in [1.807, 2.05) is 6.07 Å². The average molecular weight is 165 g/mol. The second-order valence-electron chi connectivity index (χ2n) is 1.95. The minimum Gasteiger partial charge on any atom is -0.463 e. The van der Waals surface area contributed by atoms with E-state index in [0.29, 0.717) is 5.75 Å². The number of benzene rings is 1. The first-order chi connectivity index (χ1) is 5.79. The van der Waals surface area contributed by atoms with Gasteiger partial charge in [-0.15, -0.1) is 4.99 Å². The molecule has 0 saturated heterocycles. The lowest BCUT2D eigenvalue weighted by Crippen LogP contribution is -1.93. The van der Waals surface area contributed by atoms with E-state index in [2.05, 4.69) is 4.99 Å². The van der Waals surface area contributed by atoms with Gasteiger partial charge in [-0.05, 0) is 12.1 Å². The first kappa shape index (κ1) is 8.26. The second-order valence-corrected chi connectivity index (χ2v) is 1.95. The molecular formula is C8H7NO3. The van der Waals surface area contributed by atoms with Crippen LogP contribution >= 0.6 is 0 Å². The monoisotopic (exact) mass is 165 g/mol. The van der Waals surface area contributed by atoms with Crippen molar-refractivity contribution in [2.45, 2.75) is 0 Å². The quantitative estimate of drug-likeness (QED) is 0.536. The van der Waals surface area contributed by atoms with Gasteiger partial charge in [-0.1, -0.05) is 18.2 Å². The molecule has 4 heteroatoms. The number of aliphatic imine (C=N–C) groups is 1. The number of nitrogens with zero attached hydrogens (tertiary/aromatic N) is 1. The fraction of sp³-hybridized carbons (Fsp3) is 0. The maximum absolute atomic E-state index is 9.91. The number of carboxylic acid groups (broad SMARTS) is 1. The topological polar surface area (TPSA) is 58.9 Å². The highest BCUT2D eigenvalue weighted by Crippen LogP contribution is 2.06. The third-order valence-electron chi connectivity index (χ3n) is 1.10. The fourth-order valence-electron chi connectivity index (χ4n) is 0.631. The van der Waals surface area contributed by atoms with Gasteiger partial charge in [0.2, 0.25) is 0 Å². The van der Waals surface area contributed by atoms with E-state index in [1.165, 1.54) is 0 Å². The molecule has 0 radical (unpaired) electrons. The van der Waals surface area contributed by atoms with Gasteiger partial charge in [-0.25, -0.2) is 4.79 Å². The van der Waals surface area contributed by atoms with Crippen LogP contribution in [0, 0.1) is 0 Å². The van der Waals surface area contributed by atoms with Gasteiger partial charge in [0.05, 0.1) is 0 Å². The first-order valence-corrected chi connectivity index (χ1v) is 3.26. The summed E-state index contributed by atoms with van der Waals surface area (Å²) in [6.07, 6.45) is -0.386. The summed E-state index contributed by atoms with van der Waals surface area (Å²) in [4.78, 5) is 12.9. The Balaban J connectivity index is 2.49. The van der Waals surface area contributed by atoms with Crippen molar-refractivity contribution in [2.24, 2.45) is 4.99 Å². The average Bonchev–Trinajstić information content (AvgIpc) is 2.05. The Kier molecular flexibility index (Phi) is 2.84. The van der Waals surface area contributed by atoms with Crippen molar-refractivity contribution in [3.05, 3.63) is 30.3 Å². The van der Waals surface area contributed by atoms with Crippen LogP contribution in [0.3, 0.4) is 0 Å². The van der Waals surface area contributed by atoms with E-state index in [9.17, 15) is 4.79 Å². The first-order valence-electron chi connectivity index (χ1n) is 3.26. The summed E-state index contributed by atoms with van der Waals surface area (Å²) in [7, 11) is 0. The van der Waals surface area contributed by atoms with E-state index < -0.39 is 6.09 Å². The molecule has 0 atom stereocenters. The van der Waals surface area contributed by atoms with Crippen molar-refractivity contribution in [3.63, 3.8) is 0 Å². The Morgan fingerprint density at radius 2 is 2.08 bits per heavy atom. The Morgan fingerprint density at radius 1 is 1.42 bits per heavy atom. The standard InChI is InChI=1S/C8H7NO3/c10-8(11)9-6-12-7-4-2-1-3-5-7/h1-6H,(H,10,11). The molecule has 0 fully saturated rings. The van der Waals surface area contributed by atoms with Gasteiger partial charge >= 0.3 is 6.09 Å². The van der Waals surface area contributed by atoms with E-state index in [-0.39, 0.29) is 0 Å². The number of amides is 1. The molecule has 1 aromatic rings. The van der Waals surface area contributed by atoms with Crippen molar-refractivity contribution < 1.29 is 14.6 Å². The maximum atomic E-state index is 9.91. The largest absolute Gasteiger partial charge is 0.463 e. The Bertz CT molecular complexity index is 282. The zero-order valence-corrected chi connectivity index (χ0v) is 6.18. The number of para-hydroxylation sites is 1. The number of ether oxygens (including phenoxy) is 1. The van der Waals surface area contributed by atoms with Crippen molar-refractivity contribution >= 4 is 12.5 Å². The van der Waals surface area contributed by atoms with Gasteiger partial charge in [0.25, 0.3) is 0 Å². The molecule has 0 aliphatic heterocycles. The molecule has 0 aliphatic rings. The number of hydrogen-bond acceptors (Lipinski definition) is 2. The predicted molar refractivity (Wildman–Crippen MR) is 43.6 cm³/mol. The SMILES string of the molecule is O=C(O)N=COc1ccccc1. The molecule has 1 rings (SSSR count). The summed E-state index contributed by atoms with van der Waals surface area (Å²) in [5.41, 5.74) is 0. The molecular weight excluding hydrogens is 158 g/mol. The highest BCUT2D eigenvalue weighted by atomic mass is 16.5. The van der Waals surface area contributed by atoms with Crippen LogP contribution in [0.1, 0.15) is 0 Å². The van der Waals surface area contributed by atoms with Crippen LogP contribution in [0.4, 0.5) is 4.79 Å². The summed E-state index contributed by atoms with van der Waals surface area (Å²) in [5, 5.41) is 8.11. The van der Waals surface area contributed by atoms with Crippen molar-refractivity contribution in [2.75, 3.05) is 0 Å². The van der Waals surface area contributed by atoms with Crippen LogP contribution in [-0.2, 0) is 0 Å². The molecule has 0 saturated carbocycles. The van der Waals surface area contributed by atoms with E-state index >= 15 is 0 Å². The smallest absolute Gasteiger partial charge is 0.433 e. The van der Waals surface area contributed by atoms with Crippen molar-refractivity contribution in [1.29, 1.82) is 0 Å². The minimum atomic E-state index is -1.27. The predicted octanol–water partition coefficient (Wildman–Crippen LogP) is 1.77. The lowest BCUT2D eigenvalue weighted by Gasteiger charge is -1.95. The van der Waals surface area contributed by atoms with Crippen molar-refractivity contribution in [1.82, 2.24) is 0 Å². The molecule has 0 spiro atoms. The minimum absolute atomic E-state index is 0.558. The molecule has 0 aromatic heterocycles. The molecule has 1 N–H and O–H groups in total. The number of hydrogen-bond donors (Lipinski definition) is 1. The summed E-state index contributed by atoms with van der Waals surface area (Å²) < 4.78 is 4.84. The summed E-state index contributed by atoms with van der Waals surface area (Å²) in [6.45, 7) is 0. The number of carbonyl (C=O) groups is 1. The Hall–Kier alpha value is -1.84. The molecule has 12 heavy (non-hydrogen) atoms. The Morgan fingerprint density at radius 3 is 2.67 bits per heavy atom. The van der Waals surface area contributed by atoms with Crippen LogP contribution < -0.4 is 4.74 Å². The molecule has 0 heterocycles. The number of rotatable bonds is 2. The fourth-order valence-corrected chi connectivity index (χ4v) is 0.631. The molecule has 4 nitrogen and oxygen atoms in total. The molecule has 0 bridgehead atoms. The van der Waals surface area contributed by atoms with Gasteiger partial charge in [0.1, 0.15) is 5.75 Å². The van der Waals surface area contributed by atoms with Crippen LogP contribution in [0.25, 0.3) is 0 Å². The van der Waals surface area contributed by atoms with E-state index in [0.717, 1.165) is 6.40 Å². The molecule has 62 valence electrons. The van der Waals surface area contributed by atoms with Crippen LogP contribution in [0.5, 0.6) is 5.75 Å². The normalized spacial score (nSPS) is 10.0. The van der Waals surface area contributed by atoms with Gasteiger partial charge in [0.15, 0.2) is 6.40 Å². The third kappa shape index (κ3) is 2.83. The molecule has 0 aliphatic carbocycles. The van der Waals surface area contributed by atoms with Gasteiger partial charge in [-0.2, -0.15) is 0 Å². The molecule has 1 amide bonds. The van der Waals surface area contributed by atoms with Crippen LogP contribution in [0.15, 0.2) is 35.3 Å². The van der Waals surface area contributed by atoms with Crippen molar-refractivity contribution in [3.8, 4) is 5.75 Å². The van der Waals surface area contributed by atoms with E-state index in [1.54, 1.807) is 24.3 Å². The van der Waals surface area contributed by atoms with Gasteiger partial charge in [-0.3, -0.25) is 0 Å². The third-order valence-corrected chi connectivity index (χ3v) is 1.10. The highest BCUT2D eigenvalue weighted by Gasteiger charge is 1.88. The van der Waals surface area contributed by atoms with E-state index in [4.69, 9.17) is 9.84 Å². The lowest BCUT2D eigenvalue weighted by molar-refractivity contribution is 0.205. The zero-order valence-electron chi connectivity index (χ0n) is 6.18. The summed E-state index contributed by atoms with van der Waals surface area (Å²) >= 11 is 0.